The van der Waals surface area contributed by atoms with Crippen molar-refractivity contribution in [2.45, 2.75) is 5.25 Å². The maximum absolute atomic E-state index is 4.56. The van der Waals surface area contributed by atoms with Crippen molar-refractivity contribution in [2.75, 3.05) is 0 Å². The van der Waals surface area contributed by atoms with Gasteiger partial charge >= 0.3 is 0 Å². The second kappa shape index (κ2) is 3.64. The van der Waals surface area contributed by atoms with Crippen LogP contribution in [0.5, 0.6) is 0 Å². The van der Waals surface area contributed by atoms with Crippen LogP contribution in [-0.2, 0) is 0 Å². The Morgan fingerprint density at radius 2 is 1.50 bits per heavy atom. The van der Waals surface area contributed by atoms with Crippen molar-refractivity contribution in [1.82, 2.24) is 0 Å². The molecule has 0 nitrogen and oxygen atoms in total. The van der Waals surface area contributed by atoms with Gasteiger partial charge in [-0.25, -0.2) is 0 Å². The first-order chi connectivity index (χ1) is 5.88. The summed E-state index contributed by atoms with van der Waals surface area (Å²) >= 11 is 8.08. The zero-order valence-electron chi connectivity index (χ0n) is 6.31. The molecule has 0 aromatic carbocycles. The molecule has 3 heteroatoms. The van der Waals surface area contributed by atoms with Crippen LogP contribution in [0.4, 0.5) is 0 Å². The van der Waals surface area contributed by atoms with E-state index in [4.69, 9.17) is 0 Å². The van der Waals surface area contributed by atoms with Gasteiger partial charge in [-0.3, -0.25) is 0 Å². The molecule has 0 atom stereocenters. The Labute approximate surface area is 85.3 Å². The lowest BCUT2D eigenvalue weighted by Gasteiger charge is -2.03. The van der Waals surface area contributed by atoms with E-state index in [0.717, 1.165) is 0 Å². The number of thiol groups is 1. The maximum Gasteiger partial charge on any atom is 0.0703 e. The van der Waals surface area contributed by atoms with Gasteiger partial charge in [0.2, 0.25) is 0 Å². The summed E-state index contributed by atoms with van der Waals surface area (Å²) in [5.41, 5.74) is 0. The molecule has 0 N–H and O–H groups in total. The third-order valence-corrected chi connectivity index (χ3v) is 4.41. The fourth-order valence-corrected chi connectivity index (χ4v) is 3.10. The fraction of sp³-hybridized carbons (Fsp3) is 0.111. The average molecular weight is 212 g/mol. The maximum atomic E-state index is 4.56. The van der Waals surface area contributed by atoms with Gasteiger partial charge < -0.3 is 0 Å². The zero-order valence-corrected chi connectivity index (χ0v) is 8.83. The van der Waals surface area contributed by atoms with Crippen molar-refractivity contribution < 1.29 is 0 Å². The van der Waals surface area contributed by atoms with Crippen LogP contribution in [0.1, 0.15) is 15.0 Å². The molecule has 0 aliphatic heterocycles. The van der Waals surface area contributed by atoms with Crippen molar-refractivity contribution in [3.8, 4) is 0 Å². The summed E-state index contributed by atoms with van der Waals surface area (Å²) in [6, 6.07) is 8.39. The molecule has 0 bridgehead atoms. The van der Waals surface area contributed by atoms with Crippen LogP contribution in [0.2, 0.25) is 0 Å². The quantitative estimate of drug-likeness (QED) is 0.719. The van der Waals surface area contributed by atoms with Crippen LogP contribution in [-0.4, -0.2) is 0 Å². The summed E-state index contributed by atoms with van der Waals surface area (Å²) in [6.07, 6.45) is 0. The largest absolute Gasteiger partial charge is 0.165 e. The van der Waals surface area contributed by atoms with Gasteiger partial charge in [-0.05, 0) is 22.9 Å². The summed E-state index contributed by atoms with van der Waals surface area (Å²) < 4.78 is 0. The van der Waals surface area contributed by atoms with E-state index in [1.54, 1.807) is 22.7 Å². The minimum Gasteiger partial charge on any atom is -0.165 e. The highest BCUT2D eigenvalue weighted by Gasteiger charge is 2.10. The Morgan fingerprint density at radius 1 is 1.00 bits per heavy atom. The topological polar surface area (TPSA) is 0 Å². The minimum atomic E-state index is 0.269. The molecule has 0 spiro atoms. The lowest BCUT2D eigenvalue weighted by atomic mass is 10.3. The van der Waals surface area contributed by atoms with Gasteiger partial charge in [0.15, 0.2) is 0 Å². The molecular formula is C9H8S3. The molecule has 0 unspecified atom stereocenters. The van der Waals surface area contributed by atoms with E-state index in [1.165, 1.54) is 9.75 Å². The zero-order chi connectivity index (χ0) is 8.39. The monoisotopic (exact) mass is 212 g/mol. The lowest BCUT2D eigenvalue weighted by Crippen LogP contribution is -1.83. The Balaban J connectivity index is 2.27. The van der Waals surface area contributed by atoms with Crippen LogP contribution < -0.4 is 0 Å². The Hall–Kier alpha value is -0.250. The molecule has 0 fully saturated rings. The van der Waals surface area contributed by atoms with Gasteiger partial charge in [-0.2, -0.15) is 12.6 Å². The van der Waals surface area contributed by atoms with E-state index in [2.05, 4.69) is 47.7 Å². The van der Waals surface area contributed by atoms with Crippen LogP contribution in [0.3, 0.4) is 0 Å². The van der Waals surface area contributed by atoms with E-state index >= 15 is 0 Å². The highest BCUT2D eigenvalue weighted by atomic mass is 32.1. The van der Waals surface area contributed by atoms with Gasteiger partial charge in [0, 0.05) is 9.75 Å². The predicted molar refractivity (Wildman–Crippen MR) is 59.5 cm³/mol. The Kier molecular flexibility index (Phi) is 2.54. The van der Waals surface area contributed by atoms with Crippen molar-refractivity contribution in [1.29, 1.82) is 0 Å². The molecule has 62 valence electrons. The predicted octanol–water partition coefficient (Wildman–Crippen LogP) is 3.83. The minimum absolute atomic E-state index is 0.269. The summed E-state index contributed by atoms with van der Waals surface area (Å²) in [6.45, 7) is 0. The third kappa shape index (κ3) is 1.58. The Morgan fingerprint density at radius 3 is 1.83 bits per heavy atom. The second-order valence-corrected chi connectivity index (χ2v) is 4.91. The number of hydrogen-bond acceptors (Lipinski definition) is 3. The van der Waals surface area contributed by atoms with Crippen LogP contribution >= 0.6 is 35.3 Å². The van der Waals surface area contributed by atoms with Gasteiger partial charge in [-0.15, -0.1) is 22.7 Å². The van der Waals surface area contributed by atoms with Gasteiger partial charge in [-0.1, -0.05) is 12.1 Å². The fourth-order valence-electron chi connectivity index (χ4n) is 1.03. The van der Waals surface area contributed by atoms with Crippen molar-refractivity contribution >= 4 is 35.3 Å². The third-order valence-electron chi connectivity index (χ3n) is 1.63. The number of rotatable bonds is 2. The molecule has 12 heavy (non-hydrogen) atoms. The first kappa shape index (κ1) is 8.35. The summed E-state index contributed by atoms with van der Waals surface area (Å²) in [7, 11) is 0. The van der Waals surface area contributed by atoms with Crippen LogP contribution in [0.15, 0.2) is 35.0 Å². The molecule has 2 heterocycles. The average Bonchev–Trinajstić information content (AvgIpc) is 2.77. The molecule has 0 saturated carbocycles. The van der Waals surface area contributed by atoms with E-state index in [1.807, 2.05) is 0 Å². The molecule has 2 aromatic heterocycles. The molecule has 0 aliphatic rings. The van der Waals surface area contributed by atoms with Crippen molar-refractivity contribution in [3.63, 3.8) is 0 Å². The number of thiophene rings is 2. The normalized spacial score (nSPS) is 10.8. The molecule has 0 aliphatic carbocycles. The first-order valence-corrected chi connectivity index (χ1v) is 5.90. The molecule has 0 saturated heterocycles. The molecule has 2 rings (SSSR count). The SMILES string of the molecule is SC(c1cccs1)c1cccs1. The van der Waals surface area contributed by atoms with Gasteiger partial charge in [0.25, 0.3) is 0 Å². The highest BCUT2D eigenvalue weighted by Crippen LogP contribution is 2.33. The summed E-state index contributed by atoms with van der Waals surface area (Å²) in [5.74, 6) is 0. The summed E-state index contributed by atoms with van der Waals surface area (Å²) in [4.78, 5) is 2.64. The van der Waals surface area contributed by atoms with Crippen molar-refractivity contribution in [2.24, 2.45) is 0 Å². The molecule has 2 aromatic rings. The Bertz CT molecular complexity index is 286. The van der Waals surface area contributed by atoms with E-state index in [0.29, 0.717) is 0 Å². The van der Waals surface area contributed by atoms with Crippen LogP contribution in [0, 0.1) is 0 Å². The molecular weight excluding hydrogens is 204 g/mol. The van der Waals surface area contributed by atoms with E-state index in [-0.39, 0.29) is 5.25 Å². The smallest absolute Gasteiger partial charge is 0.0703 e. The first-order valence-electron chi connectivity index (χ1n) is 3.63. The van der Waals surface area contributed by atoms with Gasteiger partial charge in [0.05, 0.1) is 5.25 Å². The van der Waals surface area contributed by atoms with E-state index < -0.39 is 0 Å². The van der Waals surface area contributed by atoms with E-state index in [9.17, 15) is 0 Å². The highest BCUT2D eigenvalue weighted by molar-refractivity contribution is 7.81. The second-order valence-electron chi connectivity index (χ2n) is 2.43. The summed E-state index contributed by atoms with van der Waals surface area (Å²) in [5, 5.41) is 4.45. The standard InChI is InChI=1S/C9H8S3/c10-9(7-3-1-5-11-7)8-4-2-6-12-8/h1-6,9-10H. The lowest BCUT2D eigenvalue weighted by molar-refractivity contribution is 1.27. The van der Waals surface area contributed by atoms with Crippen LogP contribution in [0.25, 0.3) is 0 Å². The number of hydrogen-bond donors (Lipinski definition) is 1. The van der Waals surface area contributed by atoms with Crippen molar-refractivity contribution in [3.05, 3.63) is 44.8 Å². The molecule has 0 radical (unpaired) electrons. The molecule has 0 amide bonds. The van der Waals surface area contributed by atoms with Gasteiger partial charge in [0.1, 0.15) is 0 Å².